The summed E-state index contributed by atoms with van der Waals surface area (Å²) < 4.78 is 5.07. The molecule has 5 nitrogen and oxygen atoms in total. The van der Waals surface area contributed by atoms with Crippen LogP contribution in [-0.2, 0) is 0 Å². The number of hydrogen-bond acceptors (Lipinski definition) is 5. The van der Waals surface area contributed by atoms with Crippen molar-refractivity contribution in [1.29, 1.82) is 0 Å². The SMILES string of the molecule is COc1cc(NC(C)(C)CCO)nc(C)n1. The van der Waals surface area contributed by atoms with Gasteiger partial charge >= 0.3 is 0 Å². The van der Waals surface area contributed by atoms with Crippen LogP contribution in [0.25, 0.3) is 0 Å². The summed E-state index contributed by atoms with van der Waals surface area (Å²) in [6, 6.07) is 1.74. The van der Waals surface area contributed by atoms with Gasteiger partial charge in [0, 0.05) is 18.2 Å². The average Bonchev–Trinajstić information content (AvgIpc) is 2.15. The van der Waals surface area contributed by atoms with E-state index in [9.17, 15) is 0 Å². The number of aryl methyl sites for hydroxylation is 1. The molecule has 1 aromatic rings. The standard InChI is InChI=1S/C11H19N3O2/c1-8-12-9(7-10(13-8)16-4)14-11(2,3)5-6-15/h7,15H,5-6H2,1-4H3,(H,12,13,14). The molecule has 0 aromatic carbocycles. The monoisotopic (exact) mass is 225 g/mol. The van der Waals surface area contributed by atoms with E-state index in [4.69, 9.17) is 9.84 Å². The maximum atomic E-state index is 8.94. The largest absolute Gasteiger partial charge is 0.481 e. The second kappa shape index (κ2) is 5.12. The predicted octanol–water partition coefficient (Wildman–Crippen LogP) is 1.37. The van der Waals surface area contributed by atoms with Gasteiger partial charge in [-0.15, -0.1) is 0 Å². The Balaban J connectivity index is 2.84. The van der Waals surface area contributed by atoms with E-state index < -0.39 is 0 Å². The number of nitrogens with zero attached hydrogens (tertiary/aromatic N) is 2. The third-order valence-electron chi connectivity index (χ3n) is 2.23. The molecular formula is C11H19N3O2. The van der Waals surface area contributed by atoms with Crippen molar-refractivity contribution in [2.24, 2.45) is 0 Å². The zero-order valence-electron chi connectivity index (χ0n) is 10.2. The molecule has 0 amide bonds. The zero-order chi connectivity index (χ0) is 12.2. The molecule has 0 atom stereocenters. The number of rotatable bonds is 5. The molecule has 0 aliphatic rings. The average molecular weight is 225 g/mol. The van der Waals surface area contributed by atoms with E-state index in [1.807, 2.05) is 20.8 Å². The maximum Gasteiger partial charge on any atom is 0.218 e. The van der Waals surface area contributed by atoms with Gasteiger partial charge in [-0.3, -0.25) is 0 Å². The quantitative estimate of drug-likeness (QED) is 0.792. The molecule has 0 radical (unpaired) electrons. The minimum atomic E-state index is -0.208. The number of methoxy groups -OCH3 is 1. The van der Waals surface area contributed by atoms with Gasteiger partial charge in [-0.25, -0.2) is 4.98 Å². The number of aliphatic hydroxyl groups excluding tert-OH is 1. The third kappa shape index (κ3) is 3.66. The lowest BCUT2D eigenvalue weighted by Crippen LogP contribution is -2.32. The highest BCUT2D eigenvalue weighted by atomic mass is 16.5. The van der Waals surface area contributed by atoms with E-state index in [0.717, 1.165) is 0 Å². The predicted molar refractivity (Wildman–Crippen MR) is 62.7 cm³/mol. The van der Waals surface area contributed by atoms with Gasteiger partial charge in [0.2, 0.25) is 5.88 Å². The Hall–Kier alpha value is -1.36. The molecule has 16 heavy (non-hydrogen) atoms. The number of anilines is 1. The molecule has 0 aliphatic heterocycles. The van der Waals surface area contributed by atoms with E-state index in [2.05, 4.69) is 15.3 Å². The Bertz CT molecular complexity index is 353. The van der Waals surface area contributed by atoms with Crippen LogP contribution < -0.4 is 10.1 Å². The minimum absolute atomic E-state index is 0.140. The van der Waals surface area contributed by atoms with Crippen molar-refractivity contribution in [3.05, 3.63) is 11.9 Å². The third-order valence-corrected chi connectivity index (χ3v) is 2.23. The van der Waals surface area contributed by atoms with Crippen LogP contribution in [-0.4, -0.2) is 34.3 Å². The smallest absolute Gasteiger partial charge is 0.218 e. The summed E-state index contributed by atoms with van der Waals surface area (Å²) in [5, 5.41) is 12.2. The van der Waals surface area contributed by atoms with Crippen molar-refractivity contribution in [2.45, 2.75) is 32.7 Å². The van der Waals surface area contributed by atoms with Crippen molar-refractivity contribution in [2.75, 3.05) is 19.0 Å². The lowest BCUT2D eigenvalue weighted by atomic mass is 10.0. The lowest BCUT2D eigenvalue weighted by Gasteiger charge is -2.26. The first-order valence-electron chi connectivity index (χ1n) is 5.25. The molecule has 1 rings (SSSR count). The van der Waals surface area contributed by atoms with E-state index in [0.29, 0.717) is 23.9 Å². The molecule has 0 unspecified atom stereocenters. The van der Waals surface area contributed by atoms with E-state index in [1.165, 1.54) is 0 Å². The summed E-state index contributed by atoms with van der Waals surface area (Å²) >= 11 is 0. The molecule has 0 saturated heterocycles. The Morgan fingerprint density at radius 2 is 2.12 bits per heavy atom. The fourth-order valence-electron chi connectivity index (χ4n) is 1.40. The van der Waals surface area contributed by atoms with Crippen molar-refractivity contribution >= 4 is 5.82 Å². The van der Waals surface area contributed by atoms with Crippen LogP contribution in [0.15, 0.2) is 6.07 Å². The molecule has 0 spiro atoms. The summed E-state index contributed by atoms with van der Waals surface area (Å²) in [6.45, 7) is 5.97. The van der Waals surface area contributed by atoms with E-state index in [-0.39, 0.29) is 12.1 Å². The van der Waals surface area contributed by atoms with Crippen LogP contribution in [0.3, 0.4) is 0 Å². The second-order valence-corrected chi connectivity index (χ2v) is 4.33. The van der Waals surface area contributed by atoms with Crippen LogP contribution in [0.4, 0.5) is 5.82 Å². The van der Waals surface area contributed by atoms with Gasteiger partial charge < -0.3 is 15.2 Å². The van der Waals surface area contributed by atoms with Gasteiger partial charge in [-0.2, -0.15) is 4.98 Å². The minimum Gasteiger partial charge on any atom is -0.481 e. The summed E-state index contributed by atoms with van der Waals surface area (Å²) in [5.74, 6) is 1.90. The molecule has 1 heterocycles. The normalized spacial score (nSPS) is 11.3. The summed E-state index contributed by atoms with van der Waals surface area (Å²) in [6.07, 6.45) is 0.651. The van der Waals surface area contributed by atoms with Gasteiger partial charge in [0.25, 0.3) is 0 Å². The first-order chi connectivity index (χ1) is 7.46. The van der Waals surface area contributed by atoms with Crippen molar-refractivity contribution < 1.29 is 9.84 Å². The van der Waals surface area contributed by atoms with Crippen molar-refractivity contribution in [3.63, 3.8) is 0 Å². The molecule has 0 fully saturated rings. The molecular weight excluding hydrogens is 206 g/mol. The van der Waals surface area contributed by atoms with Crippen LogP contribution in [0.2, 0.25) is 0 Å². The van der Waals surface area contributed by atoms with Crippen LogP contribution >= 0.6 is 0 Å². The highest BCUT2D eigenvalue weighted by Crippen LogP contribution is 2.19. The van der Waals surface area contributed by atoms with E-state index in [1.54, 1.807) is 13.2 Å². The number of aliphatic hydroxyl groups is 1. The first kappa shape index (κ1) is 12.7. The Morgan fingerprint density at radius 1 is 1.44 bits per heavy atom. The van der Waals surface area contributed by atoms with Crippen molar-refractivity contribution in [3.8, 4) is 5.88 Å². The fourth-order valence-corrected chi connectivity index (χ4v) is 1.40. The Labute approximate surface area is 95.9 Å². The highest BCUT2D eigenvalue weighted by Gasteiger charge is 2.17. The van der Waals surface area contributed by atoms with Gasteiger partial charge in [-0.05, 0) is 27.2 Å². The molecule has 2 N–H and O–H groups in total. The van der Waals surface area contributed by atoms with Gasteiger partial charge in [0.15, 0.2) is 0 Å². The molecule has 0 saturated carbocycles. The molecule has 5 heteroatoms. The first-order valence-corrected chi connectivity index (χ1v) is 5.25. The lowest BCUT2D eigenvalue weighted by molar-refractivity contribution is 0.260. The topological polar surface area (TPSA) is 67.3 Å². The summed E-state index contributed by atoms with van der Waals surface area (Å²) in [7, 11) is 1.57. The number of hydrogen-bond donors (Lipinski definition) is 2. The van der Waals surface area contributed by atoms with Crippen LogP contribution in [0.1, 0.15) is 26.1 Å². The highest BCUT2D eigenvalue weighted by molar-refractivity contribution is 5.40. The molecule has 0 bridgehead atoms. The number of aromatic nitrogens is 2. The number of ether oxygens (including phenoxy) is 1. The van der Waals surface area contributed by atoms with Gasteiger partial charge in [0.1, 0.15) is 11.6 Å². The maximum absolute atomic E-state index is 8.94. The molecule has 90 valence electrons. The molecule has 1 aromatic heterocycles. The Kier molecular flexibility index (Phi) is 4.06. The zero-order valence-corrected chi connectivity index (χ0v) is 10.2. The van der Waals surface area contributed by atoms with Gasteiger partial charge in [0.05, 0.1) is 7.11 Å². The second-order valence-electron chi connectivity index (χ2n) is 4.33. The molecule has 0 aliphatic carbocycles. The van der Waals surface area contributed by atoms with E-state index >= 15 is 0 Å². The summed E-state index contributed by atoms with van der Waals surface area (Å²) in [4.78, 5) is 8.37. The van der Waals surface area contributed by atoms with Gasteiger partial charge in [-0.1, -0.05) is 0 Å². The number of nitrogens with one attached hydrogen (secondary N) is 1. The van der Waals surface area contributed by atoms with Crippen LogP contribution in [0, 0.1) is 6.92 Å². The van der Waals surface area contributed by atoms with Crippen molar-refractivity contribution in [1.82, 2.24) is 9.97 Å². The van der Waals surface area contributed by atoms with Crippen LogP contribution in [0.5, 0.6) is 5.88 Å². The summed E-state index contributed by atoms with van der Waals surface area (Å²) in [5.41, 5.74) is -0.208. The Morgan fingerprint density at radius 3 is 2.69 bits per heavy atom. The fraction of sp³-hybridized carbons (Fsp3) is 0.636.